The molecule has 0 amide bonds. The van der Waals surface area contributed by atoms with E-state index >= 15 is 0 Å². The van der Waals surface area contributed by atoms with Crippen LogP contribution in [0.3, 0.4) is 0 Å². The Hall–Kier alpha value is -1.64. The molecule has 0 aromatic carbocycles. The minimum absolute atomic E-state index is 0.483. The summed E-state index contributed by atoms with van der Waals surface area (Å²) in [6.45, 7) is 4.05. The number of aromatic nitrogens is 1. The number of hydrogen-bond acceptors (Lipinski definition) is 2. The molecule has 0 saturated carbocycles. The molecule has 0 radical (unpaired) electrons. The minimum Gasteiger partial charge on any atom is -0.478 e. The van der Waals surface area contributed by atoms with Gasteiger partial charge in [-0.2, -0.15) is 0 Å². The molecule has 18 heavy (non-hydrogen) atoms. The lowest BCUT2D eigenvalue weighted by Crippen LogP contribution is -2.00. The predicted molar refractivity (Wildman–Crippen MR) is 73.3 cm³/mol. The van der Waals surface area contributed by atoms with Crippen molar-refractivity contribution in [1.29, 1.82) is 0 Å². The average Bonchev–Trinajstić information content (AvgIpc) is 2.33. The fourth-order valence-electron chi connectivity index (χ4n) is 1.84. The van der Waals surface area contributed by atoms with Gasteiger partial charge in [0.15, 0.2) is 0 Å². The molecule has 3 heteroatoms. The number of aliphatic carboxylic acids is 1. The van der Waals surface area contributed by atoms with Crippen LogP contribution in [0.15, 0.2) is 23.9 Å². The Kier molecular flexibility index (Phi) is 6.12. The van der Waals surface area contributed by atoms with Crippen LogP contribution in [-0.4, -0.2) is 16.1 Å². The second-order valence-electron chi connectivity index (χ2n) is 4.52. The first-order valence-corrected chi connectivity index (χ1v) is 6.50. The first kappa shape index (κ1) is 14.4. The highest BCUT2D eigenvalue weighted by Gasteiger charge is 2.07. The maximum Gasteiger partial charge on any atom is 0.331 e. The quantitative estimate of drug-likeness (QED) is 0.588. The molecular weight excluding hydrogens is 226 g/mol. The van der Waals surface area contributed by atoms with Gasteiger partial charge in [0.2, 0.25) is 0 Å². The molecule has 0 aliphatic heterocycles. The van der Waals surface area contributed by atoms with Crippen LogP contribution in [0.4, 0.5) is 0 Å². The highest BCUT2D eigenvalue weighted by atomic mass is 16.4. The van der Waals surface area contributed by atoms with Crippen molar-refractivity contribution in [3.05, 3.63) is 35.2 Å². The first-order chi connectivity index (χ1) is 8.63. The largest absolute Gasteiger partial charge is 0.478 e. The SMILES string of the molecule is CCCCCCC(=Cc1ccnc(C)c1)C(=O)O. The van der Waals surface area contributed by atoms with E-state index in [2.05, 4.69) is 11.9 Å². The number of rotatable bonds is 7. The third-order valence-electron chi connectivity index (χ3n) is 2.84. The van der Waals surface area contributed by atoms with Gasteiger partial charge < -0.3 is 5.11 Å². The summed E-state index contributed by atoms with van der Waals surface area (Å²) in [6, 6.07) is 3.73. The van der Waals surface area contributed by atoms with Crippen LogP contribution >= 0.6 is 0 Å². The Morgan fingerprint density at radius 3 is 2.78 bits per heavy atom. The van der Waals surface area contributed by atoms with Gasteiger partial charge in [-0.1, -0.05) is 26.2 Å². The van der Waals surface area contributed by atoms with Crippen molar-refractivity contribution in [3.63, 3.8) is 0 Å². The Labute approximate surface area is 109 Å². The molecule has 0 unspecified atom stereocenters. The number of hydrogen-bond donors (Lipinski definition) is 1. The number of carboxylic acids is 1. The van der Waals surface area contributed by atoms with Gasteiger partial charge in [-0.05, 0) is 43.5 Å². The summed E-state index contributed by atoms with van der Waals surface area (Å²) in [5.41, 5.74) is 2.30. The van der Waals surface area contributed by atoms with Crippen LogP contribution in [0.25, 0.3) is 6.08 Å². The number of aryl methyl sites for hydroxylation is 1. The van der Waals surface area contributed by atoms with E-state index in [9.17, 15) is 9.90 Å². The molecule has 0 spiro atoms. The van der Waals surface area contributed by atoms with E-state index in [1.807, 2.05) is 19.1 Å². The molecular formula is C15H21NO2. The maximum absolute atomic E-state index is 11.2. The van der Waals surface area contributed by atoms with Gasteiger partial charge in [-0.3, -0.25) is 4.98 Å². The average molecular weight is 247 g/mol. The van der Waals surface area contributed by atoms with E-state index in [4.69, 9.17) is 0 Å². The first-order valence-electron chi connectivity index (χ1n) is 6.50. The minimum atomic E-state index is -0.819. The molecule has 0 aliphatic carbocycles. The molecule has 1 heterocycles. The molecule has 0 saturated heterocycles. The topological polar surface area (TPSA) is 50.2 Å². The number of pyridine rings is 1. The van der Waals surface area contributed by atoms with E-state index in [0.717, 1.165) is 30.5 Å². The van der Waals surface area contributed by atoms with E-state index in [0.29, 0.717) is 12.0 Å². The van der Waals surface area contributed by atoms with Crippen LogP contribution in [0.1, 0.15) is 50.3 Å². The molecule has 1 aromatic rings. The van der Waals surface area contributed by atoms with Crippen molar-refractivity contribution < 1.29 is 9.90 Å². The Balaban J connectivity index is 2.69. The van der Waals surface area contributed by atoms with Crippen LogP contribution in [0.5, 0.6) is 0 Å². The zero-order valence-electron chi connectivity index (χ0n) is 11.1. The summed E-state index contributed by atoms with van der Waals surface area (Å²) < 4.78 is 0. The van der Waals surface area contributed by atoms with Gasteiger partial charge in [-0.15, -0.1) is 0 Å². The highest BCUT2D eigenvalue weighted by Crippen LogP contribution is 2.15. The summed E-state index contributed by atoms with van der Waals surface area (Å²) in [7, 11) is 0. The van der Waals surface area contributed by atoms with Crippen LogP contribution < -0.4 is 0 Å². The van der Waals surface area contributed by atoms with Gasteiger partial charge in [-0.25, -0.2) is 4.79 Å². The van der Waals surface area contributed by atoms with Crippen molar-refractivity contribution in [3.8, 4) is 0 Å². The van der Waals surface area contributed by atoms with Crippen molar-refractivity contribution in [2.24, 2.45) is 0 Å². The third kappa shape index (κ3) is 5.13. The zero-order valence-corrected chi connectivity index (χ0v) is 11.1. The molecule has 0 fully saturated rings. The van der Waals surface area contributed by atoms with Gasteiger partial charge in [0.25, 0.3) is 0 Å². The smallest absolute Gasteiger partial charge is 0.331 e. The monoisotopic (exact) mass is 247 g/mol. The third-order valence-corrected chi connectivity index (χ3v) is 2.84. The molecule has 1 N–H and O–H groups in total. The highest BCUT2D eigenvalue weighted by molar-refractivity contribution is 5.92. The van der Waals surface area contributed by atoms with Crippen molar-refractivity contribution in [2.75, 3.05) is 0 Å². The van der Waals surface area contributed by atoms with Crippen LogP contribution in [-0.2, 0) is 4.79 Å². The van der Waals surface area contributed by atoms with Crippen molar-refractivity contribution >= 4 is 12.0 Å². The number of carbonyl (C=O) groups is 1. The van der Waals surface area contributed by atoms with Gasteiger partial charge in [0.1, 0.15) is 0 Å². The van der Waals surface area contributed by atoms with Crippen molar-refractivity contribution in [1.82, 2.24) is 4.98 Å². The molecule has 0 bridgehead atoms. The lowest BCUT2D eigenvalue weighted by molar-refractivity contribution is -0.132. The Bertz CT molecular complexity index is 424. The maximum atomic E-state index is 11.2. The fourth-order valence-corrected chi connectivity index (χ4v) is 1.84. The van der Waals surface area contributed by atoms with E-state index in [-0.39, 0.29) is 0 Å². The predicted octanol–water partition coefficient (Wildman–Crippen LogP) is 3.83. The lowest BCUT2D eigenvalue weighted by atomic mass is 10.0. The molecule has 3 nitrogen and oxygen atoms in total. The molecule has 0 aliphatic rings. The summed E-state index contributed by atoms with van der Waals surface area (Å²) in [4.78, 5) is 15.3. The summed E-state index contributed by atoms with van der Waals surface area (Å²) in [5.74, 6) is -0.819. The molecule has 0 atom stereocenters. The molecule has 1 rings (SSSR count). The lowest BCUT2D eigenvalue weighted by Gasteiger charge is -2.03. The fraction of sp³-hybridized carbons (Fsp3) is 0.467. The van der Waals surface area contributed by atoms with Crippen LogP contribution in [0.2, 0.25) is 0 Å². The van der Waals surface area contributed by atoms with Gasteiger partial charge in [0.05, 0.1) is 0 Å². The Morgan fingerprint density at radius 2 is 2.17 bits per heavy atom. The van der Waals surface area contributed by atoms with E-state index < -0.39 is 5.97 Å². The second-order valence-corrected chi connectivity index (χ2v) is 4.52. The Morgan fingerprint density at radius 1 is 1.39 bits per heavy atom. The van der Waals surface area contributed by atoms with Crippen molar-refractivity contribution in [2.45, 2.75) is 46.0 Å². The summed E-state index contributed by atoms with van der Waals surface area (Å²) in [5, 5.41) is 9.18. The zero-order chi connectivity index (χ0) is 13.4. The number of carboxylic acid groups (broad SMARTS) is 1. The summed E-state index contributed by atoms with van der Waals surface area (Å²) in [6.07, 6.45) is 8.46. The van der Waals surface area contributed by atoms with Crippen LogP contribution in [0, 0.1) is 6.92 Å². The molecule has 1 aromatic heterocycles. The molecule has 98 valence electrons. The normalized spacial score (nSPS) is 11.6. The second kappa shape index (κ2) is 7.64. The van der Waals surface area contributed by atoms with Gasteiger partial charge in [0, 0.05) is 17.5 Å². The van der Waals surface area contributed by atoms with Gasteiger partial charge >= 0.3 is 5.97 Å². The van der Waals surface area contributed by atoms with E-state index in [1.165, 1.54) is 6.42 Å². The summed E-state index contributed by atoms with van der Waals surface area (Å²) >= 11 is 0. The standard InChI is InChI=1S/C15H21NO2/c1-3-4-5-6-7-14(15(17)18)11-13-8-9-16-12(2)10-13/h8-11H,3-7H2,1-2H3,(H,17,18). The number of unbranched alkanes of at least 4 members (excludes halogenated alkanes) is 3. The number of nitrogens with zero attached hydrogens (tertiary/aromatic N) is 1. The van der Waals surface area contributed by atoms with E-state index in [1.54, 1.807) is 12.3 Å².